The lowest BCUT2D eigenvalue weighted by molar-refractivity contribution is -0.141. The van der Waals surface area contributed by atoms with E-state index in [1.165, 1.54) is 17.7 Å². The van der Waals surface area contributed by atoms with Gasteiger partial charge >= 0.3 is 12.0 Å². The number of carboxylic acid groups (broad SMARTS) is 1. The summed E-state index contributed by atoms with van der Waals surface area (Å²) < 4.78 is 0. The van der Waals surface area contributed by atoms with Crippen molar-refractivity contribution in [2.45, 2.75) is 19.8 Å². The van der Waals surface area contributed by atoms with Gasteiger partial charge in [0.1, 0.15) is 0 Å². The molecule has 0 spiro atoms. The van der Waals surface area contributed by atoms with Crippen molar-refractivity contribution >= 4 is 23.4 Å². The molecule has 0 radical (unpaired) electrons. The largest absolute Gasteiger partial charge is 0.481 e. The van der Waals surface area contributed by atoms with Gasteiger partial charge in [0.15, 0.2) is 0 Å². The second-order valence-electron chi connectivity index (χ2n) is 5.79. The van der Waals surface area contributed by atoms with Gasteiger partial charge in [-0.2, -0.15) is 0 Å². The fourth-order valence-corrected chi connectivity index (χ4v) is 2.55. The number of hydrogen-bond acceptors (Lipinski definition) is 3. The average molecular weight is 305 g/mol. The monoisotopic (exact) mass is 305 g/mol. The van der Waals surface area contributed by atoms with Crippen LogP contribution in [-0.4, -0.2) is 48.7 Å². The summed E-state index contributed by atoms with van der Waals surface area (Å²) in [6, 6.07) is 7.45. The first kappa shape index (κ1) is 16.1. The van der Waals surface area contributed by atoms with Crippen LogP contribution in [0.1, 0.15) is 19.8 Å². The van der Waals surface area contributed by atoms with E-state index in [-0.39, 0.29) is 12.6 Å². The highest BCUT2D eigenvalue weighted by Gasteiger charge is 2.18. The van der Waals surface area contributed by atoms with Gasteiger partial charge in [0.05, 0.1) is 5.92 Å². The fraction of sp³-hybridized carbons (Fsp3) is 0.500. The molecule has 0 saturated carbocycles. The maximum absolute atomic E-state index is 12.1. The van der Waals surface area contributed by atoms with Gasteiger partial charge in [0.2, 0.25) is 0 Å². The number of anilines is 2. The van der Waals surface area contributed by atoms with Crippen LogP contribution in [0.4, 0.5) is 16.2 Å². The maximum atomic E-state index is 12.1. The molecule has 22 heavy (non-hydrogen) atoms. The van der Waals surface area contributed by atoms with E-state index in [1.807, 2.05) is 24.3 Å². The molecule has 1 aliphatic heterocycles. The first-order valence-corrected chi connectivity index (χ1v) is 7.57. The average Bonchev–Trinajstić information content (AvgIpc) is 3.01. The van der Waals surface area contributed by atoms with E-state index >= 15 is 0 Å². The number of carbonyl (C=O) groups excluding carboxylic acids is 1. The standard InChI is InChI=1S/C16H23N3O3/c1-12(15(20)21)11-18(2)16(22)17-13-6-5-7-14(10-13)19-8-3-4-9-19/h5-7,10,12H,3-4,8-9,11H2,1-2H3,(H,17,22)(H,20,21). The van der Waals surface area contributed by atoms with Gasteiger partial charge in [0, 0.05) is 38.1 Å². The lowest BCUT2D eigenvalue weighted by atomic mass is 10.2. The molecule has 0 aliphatic carbocycles. The van der Waals surface area contributed by atoms with Crippen LogP contribution in [0.25, 0.3) is 0 Å². The van der Waals surface area contributed by atoms with Gasteiger partial charge in [-0.3, -0.25) is 4.79 Å². The van der Waals surface area contributed by atoms with E-state index in [0.29, 0.717) is 0 Å². The third-order valence-electron chi connectivity index (χ3n) is 3.88. The molecular weight excluding hydrogens is 282 g/mol. The summed E-state index contributed by atoms with van der Waals surface area (Å²) in [5, 5.41) is 11.7. The Kier molecular flexibility index (Phi) is 5.25. The Hall–Kier alpha value is -2.24. The number of hydrogen-bond donors (Lipinski definition) is 2. The zero-order chi connectivity index (χ0) is 16.1. The SMILES string of the molecule is CC(CN(C)C(=O)Nc1cccc(N2CCCC2)c1)C(=O)O. The van der Waals surface area contributed by atoms with Crippen LogP contribution in [0.3, 0.4) is 0 Å². The second-order valence-corrected chi connectivity index (χ2v) is 5.79. The molecule has 1 aromatic rings. The Balaban J connectivity index is 1.96. The van der Waals surface area contributed by atoms with Crippen LogP contribution in [0.2, 0.25) is 0 Å². The minimum atomic E-state index is -0.907. The zero-order valence-corrected chi connectivity index (χ0v) is 13.1. The fourth-order valence-electron chi connectivity index (χ4n) is 2.55. The molecule has 6 nitrogen and oxygen atoms in total. The van der Waals surface area contributed by atoms with Gasteiger partial charge in [0.25, 0.3) is 0 Å². The number of benzene rings is 1. The van der Waals surface area contributed by atoms with Crippen molar-refractivity contribution in [1.29, 1.82) is 0 Å². The Morgan fingerprint density at radius 1 is 1.36 bits per heavy atom. The van der Waals surface area contributed by atoms with E-state index in [1.54, 1.807) is 14.0 Å². The number of amides is 2. The molecule has 1 aromatic carbocycles. The minimum Gasteiger partial charge on any atom is -0.481 e. The number of carboxylic acids is 1. The van der Waals surface area contributed by atoms with Gasteiger partial charge < -0.3 is 20.2 Å². The molecular formula is C16H23N3O3. The van der Waals surface area contributed by atoms with Crippen LogP contribution in [0.15, 0.2) is 24.3 Å². The predicted octanol–water partition coefficient (Wildman–Crippen LogP) is 2.47. The maximum Gasteiger partial charge on any atom is 0.321 e. The summed E-state index contributed by atoms with van der Waals surface area (Å²) in [6.45, 7) is 3.86. The van der Waals surface area contributed by atoms with Gasteiger partial charge in [-0.05, 0) is 31.0 Å². The topological polar surface area (TPSA) is 72.9 Å². The highest BCUT2D eigenvalue weighted by atomic mass is 16.4. The van der Waals surface area contributed by atoms with Gasteiger partial charge in [-0.15, -0.1) is 0 Å². The van der Waals surface area contributed by atoms with Crippen molar-refractivity contribution < 1.29 is 14.7 Å². The van der Waals surface area contributed by atoms with Gasteiger partial charge in [-0.25, -0.2) is 4.79 Å². The molecule has 1 atom stereocenters. The highest BCUT2D eigenvalue weighted by molar-refractivity contribution is 5.90. The van der Waals surface area contributed by atoms with E-state index in [2.05, 4.69) is 10.2 Å². The molecule has 0 aromatic heterocycles. The minimum absolute atomic E-state index is 0.174. The molecule has 1 saturated heterocycles. The van der Waals surface area contributed by atoms with Crippen molar-refractivity contribution in [3.8, 4) is 0 Å². The third-order valence-corrected chi connectivity index (χ3v) is 3.88. The first-order valence-electron chi connectivity index (χ1n) is 7.57. The molecule has 1 unspecified atom stereocenters. The van der Waals surface area contributed by atoms with Crippen molar-refractivity contribution in [2.24, 2.45) is 5.92 Å². The number of carbonyl (C=O) groups is 2. The molecule has 1 aliphatic rings. The van der Waals surface area contributed by atoms with Gasteiger partial charge in [-0.1, -0.05) is 13.0 Å². The van der Waals surface area contributed by atoms with Crippen molar-refractivity contribution in [2.75, 3.05) is 36.9 Å². The highest BCUT2D eigenvalue weighted by Crippen LogP contribution is 2.23. The van der Waals surface area contributed by atoms with Crippen molar-refractivity contribution in [3.05, 3.63) is 24.3 Å². The zero-order valence-electron chi connectivity index (χ0n) is 13.1. The van der Waals surface area contributed by atoms with Crippen molar-refractivity contribution in [3.63, 3.8) is 0 Å². The molecule has 120 valence electrons. The summed E-state index contributed by atoms with van der Waals surface area (Å²) in [7, 11) is 1.60. The number of nitrogens with zero attached hydrogens (tertiary/aromatic N) is 2. The molecule has 2 rings (SSSR count). The summed E-state index contributed by atoms with van der Waals surface area (Å²) in [6.07, 6.45) is 2.40. The smallest absolute Gasteiger partial charge is 0.321 e. The van der Waals surface area contributed by atoms with Crippen LogP contribution in [0, 0.1) is 5.92 Å². The summed E-state index contributed by atoms with van der Waals surface area (Å²) in [5.74, 6) is -1.50. The molecule has 2 amide bonds. The first-order chi connectivity index (χ1) is 10.5. The molecule has 1 fully saturated rings. The number of nitrogens with one attached hydrogen (secondary N) is 1. The summed E-state index contributed by atoms with van der Waals surface area (Å²) >= 11 is 0. The predicted molar refractivity (Wildman–Crippen MR) is 86.3 cm³/mol. The quantitative estimate of drug-likeness (QED) is 0.876. The lowest BCUT2D eigenvalue weighted by Crippen LogP contribution is -2.36. The van der Waals surface area contributed by atoms with E-state index in [9.17, 15) is 9.59 Å². The van der Waals surface area contributed by atoms with Crippen LogP contribution < -0.4 is 10.2 Å². The molecule has 2 N–H and O–H groups in total. The Bertz CT molecular complexity index is 541. The van der Waals surface area contributed by atoms with E-state index < -0.39 is 11.9 Å². The van der Waals surface area contributed by atoms with E-state index in [0.717, 1.165) is 24.5 Å². The number of urea groups is 1. The van der Waals surface area contributed by atoms with Crippen LogP contribution in [0.5, 0.6) is 0 Å². The van der Waals surface area contributed by atoms with Crippen LogP contribution >= 0.6 is 0 Å². The molecule has 1 heterocycles. The summed E-state index contributed by atoms with van der Waals surface area (Å²) in [4.78, 5) is 26.6. The lowest BCUT2D eigenvalue weighted by Gasteiger charge is -2.21. The normalized spacial score (nSPS) is 15.5. The third kappa shape index (κ3) is 4.13. The Labute approximate surface area is 130 Å². The number of aliphatic carboxylic acids is 1. The van der Waals surface area contributed by atoms with Crippen LogP contribution in [-0.2, 0) is 4.79 Å². The number of rotatable bonds is 5. The van der Waals surface area contributed by atoms with E-state index in [4.69, 9.17) is 5.11 Å². The Morgan fingerprint density at radius 2 is 2.05 bits per heavy atom. The summed E-state index contributed by atoms with van der Waals surface area (Å²) in [5.41, 5.74) is 1.83. The molecule has 6 heteroatoms. The second kappa shape index (κ2) is 7.15. The molecule has 0 bridgehead atoms. The Morgan fingerprint density at radius 3 is 2.68 bits per heavy atom. The van der Waals surface area contributed by atoms with Crippen molar-refractivity contribution in [1.82, 2.24) is 4.90 Å².